The van der Waals surface area contributed by atoms with Crippen LogP contribution in [0.2, 0.25) is 0 Å². The molecule has 0 bridgehead atoms. The standard InChI is InChI=1S/C17H14ClF3NO.Y/c1-3-9-23-15-6-4-5-13(19)17(15)14-8-7-12(18)11(2)22(14)10-16(20)21;/h3-7,16H,1-2,9-10H2;/q-1;. The first kappa shape index (κ1) is 21.0. The van der Waals surface area contributed by atoms with E-state index >= 15 is 0 Å². The molecule has 0 amide bonds. The predicted octanol–water partition coefficient (Wildman–Crippen LogP) is 4.75. The average molecular weight is 430 g/mol. The van der Waals surface area contributed by atoms with Gasteiger partial charge in [0.1, 0.15) is 6.61 Å². The number of nitrogens with zero attached hydrogens (tertiary/aromatic N) is 1. The van der Waals surface area contributed by atoms with E-state index in [0.717, 1.165) is 4.90 Å². The van der Waals surface area contributed by atoms with Gasteiger partial charge in [-0.1, -0.05) is 31.0 Å². The Hall–Kier alpha value is -1.04. The maximum atomic E-state index is 14.3. The summed E-state index contributed by atoms with van der Waals surface area (Å²) in [4.78, 5) is 1.13. The molecule has 0 N–H and O–H groups in total. The van der Waals surface area contributed by atoms with Crippen molar-refractivity contribution in [3.63, 3.8) is 0 Å². The van der Waals surface area contributed by atoms with Crippen molar-refractivity contribution >= 4 is 17.3 Å². The first-order valence-electron chi connectivity index (χ1n) is 6.72. The monoisotopic (exact) mass is 429 g/mol. The van der Waals surface area contributed by atoms with Crippen LogP contribution >= 0.6 is 11.6 Å². The molecule has 0 spiro atoms. The fourth-order valence-corrected chi connectivity index (χ4v) is 2.26. The maximum absolute atomic E-state index is 14.3. The van der Waals surface area contributed by atoms with E-state index in [4.69, 9.17) is 16.3 Å². The molecular weight excluding hydrogens is 416 g/mol. The van der Waals surface area contributed by atoms with Crippen LogP contribution in [0.25, 0.3) is 5.70 Å². The van der Waals surface area contributed by atoms with Crippen LogP contribution < -0.4 is 4.74 Å². The summed E-state index contributed by atoms with van der Waals surface area (Å²) in [6.07, 6.45) is 2.95. The molecule has 1 aliphatic heterocycles. The van der Waals surface area contributed by atoms with E-state index in [-0.39, 0.29) is 67.1 Å². The van der Waals surface area contributed by atoms with Crippen LogP contribution in [0.3, 0.4) is 0 Å². The Balaban J connectivity index is 0.00000288. The Kier molecular flexibility index (Phi) is 8.27. The van der Waals surface area contributed by atoms with Gasteiger partial charge in [0.2, 0.25) is 0 Å². The summed E-state index contributed by atoms with van der Waals surface area (Å²) in [7, 11) is 0. The maximum Gasteiger partial charge on any atom is 0.256 e. The van der Waals surface area contributed by atoms with Gasteiger partial charge in [-0.3, -0.25) is 0 Å². The molecule has 0 saturated heterocycles. The SMILES string of the molecule is C=CCOc1cccc(F)c1C1=[C-]C=C(Cl)C(=C)N1CC(F)F.[Y]. The number of hydrogen-bond acceptors (Lipinski definition) is 2. The number of alkyl halides is 2. The van der Waals surface area contributed by atoms with Crippen molar-refractivity contribution in [2.75, 3.05) is 13.2 Å². The third-order valence-corrected chi connectivity index (χ3v) is 3.42. The molecular formula is C17H14ClF3NOY-. The second-order valence-corrected chi connectivity index (χ2v) is 5.05. The molecule has 0 fully saturated rings. The molecule has 0 atom stereocenters. The Labute approximate surface area is 169 Å². The van der Waals surface area contributed by atoms with E-state index < -0.39 is 18.8 Å². The summed E-state index contributed by atoms with van der Waals surface area (Å²) < 4.78 is 45.5. The van der Waals surface area contributed by atoms with Gasteiger partial charge in [-0.2, -0.15) is 23.8 Å². The Bertz CT molecular complexity index is 688. The second kappa shape index (κ2) is 9.45. The number of rotatable bonds is 6. The molecule has 0 aliphatic carbocycles. The molecule has 0 saturated carbocycles. The van der Waals surface area contributed by atoms with E-state index in [1.54, 1.807) is 6.07 Å². The van der Waals surface area contributed by atoms with E-state index in [2.05, 4.69) is 19.2 Å². The van der Waals surface area contributed by atoms with Crippen molar-refractivity contribution < 1.29 is 50.6 Å². The van der Waals surface area contributed by atoms with E-state index in [9.17, 15) is 13.2 Å². The van der Waals surface area contributed by atoms with Crippen LogP contribution in [0.15, 0.2) is 54.2 Å². The Morgan fingerprint density at radius 2 is 2.08 bits per heavy atom. The van der Waals surface area contributed by atoms with E-state index in [0.29, 0.717) is 0 Å². The van der Waals surface area contributed by atoms with Crippen molar-refractivity contribution in [3.8, 4) is 5.75 Å². The molecule has 24 heavy (non-hydrogen) atoms. The molecule has 2 nitrogen and oxygen atoms in total. The van der Waals surface area contributed by atoms with E-state index in [1.807, 2.05) is 0 Å². The molecule has 0 aromatic heterocycles. The third kappa shape index (κ3) is 4.74. The number of ether oxygens (including phenoxy) is 1. The Morgan fingerprint density at radius 1 is 1.38 bits per heavy atom. The first-order valence-corrected chi connectivity index (χ1v) is 7.10. The molecule has 7 heteroatoms. The van der Waals surface area contributed by atoms with Gasteiger partial charge in [0.15, 0.2) is 0 Å². The summed E-state index contributed by atoms with van der Waals surface area (Å²) in [6, 6.07) is 4.23. The largest absolute Gasteiger partial charge is 0.502 e. The Morgan fingerprint density at radius 3 is 2.71 bits per heavy atom. The van der Waals surface area contributed by atoms with Gasteiger partial charge in [0.25, 0.3) is 6.43 Å². The van der Waals surface area contributed by atoms with Gasteiger partial charge in [0, 0.05) is 32.7 Å². The topological polar surface area (TPSA) is 12.5 Å². The minimum atomic E-state index is -2.66. The average Bonchev–Trinajstić information content (AvgIpc) is 2.50. The molecule has 1 radical (unpaired) electrons. The van der Waals surface area contributed by atoms with Gasteiger partial charge in [-0.25, -0.2) is 13.2 Å². The molecule has 0 unspecified atom stereocenters. The van der Waals surface area contributed by atoms with Crippen molar-refractivity contribution in [2.45, 2.75) is 6.43 Å². The zero-order valence-electron chi connectivity index (χ0n) is 12.7. The van der Waals surface area contributed by atoms with Crippen LogP contribution in [-0.4, -0.2) is 24.5 Å². The van der Waals surface area contributed by atoms with Gasteiger partial charge in [-0.05, 0) is 28.4 Å². The van der Waals surface area contributed by atoms with Crippen molar-refractivity contribution in [3.05, 3.63) is 71.7 Å². The van der Waals surface area contributed by atoms with Crippen LogP contribution in [0.5, 0.6) is 5.75 Å². The zero-order valence-corrected chi connectivity index (χ0v) is 16.3. The van der Waals surface area contributed by atoms with Crippen molar-refractivity contribution in [1.29, 1.82) is 0 Å². The minimum Gasteiger partial charge on any atom is -0.502 e. The van der Waals surface area contributed by atoms with Gasteiger partial charge in [0.05, 0.1) is 18.1 Å². The summed E-state index contributed by atoms with van der Waals surface area (Å²) in [5.41, 5.74) is 0.270. The van der Waals surface area contributed by atoms with E-state index in [1.165, 1.54) is 24.3 Å². The van der Waals surface area contributed by atoms with Crippen molar-refractivity contribution in [1.82, 2.24) is 4.90 Å². The normalized spacial score (nSPS) is 14.0. The van der Waals surface area contributed by atoms with Gasteiger partial charge >= 0.3 is 0 Å². The minimum absolute atomic E-state index is 0. The number of hydrogen-bond donors (Lipinski definition) is 0. The van der Waals surface area contributed by atoms with Gasteiger partial charge < -0.3 is 9.64 Å². The molecule has 2 rings (SSSR count). The smallest absolute Gasteiger partial charge is 0.256 e. The van der Waals surface area contributed by atoms with Crippen LogP contribution in [0, 0.1) is 11.9 Å². The number of allylic oxidation sites excluding steroid dienone is 3. The summed E-state index contributed by atoms with van der Waals surface area (Å²) in [6.45, 7) is 6.67. The van der Waals surface area contributed by atoms with Crippen LogP contribution in [-0.2, 0) is 32.7 Å². The zero-order chi connectivity index (χ0) is 17.0. The molecule has 125 valence electrons. The number of benzene rings is 1. The summed E-state index contributed by atoms with van der Waals surface area (Å²) >= 11 is 5.92. The third-order valence-electron chi connectivity index (χ3n) is 3.10. The summed E-state index contributed by atoms with van der Waals surface area (Å²) in [5, 5.41) is 0.166. The molecule has 1 aromatic carbocycles. The quantitative estimate of drug-likeness (QED) is 0.478. The fourth-order valence-electron chi connectivity index (χ4n) is 2.11. The fraction of sp³-hybridized carbons (Fsp3) is 0.176. The molecule has 1 aromatic rings. The molecule has 1 aliphatic rings. The van der Waals surface area contributed by atoms with Crippen molar-refractivity contribution in [2.24, 2.45) is 0 Å². The predicted molar refractivity (Wildman–Crippen MR) is 84.5 cm³/mol. The van der Waals surface area contributed by atoms with Gasteiger partial charge in [-0.15, -0.1) is 0 Å². The molecule has 1 heterocycles. The summed E-state index contributed by atoms with van der Waals surface area (Å²) in [5.74, 6) is -0.418. The first-order chi connectivity index (χ1) is 11.0. The second-order valence-electron chi connectivity index (χ2n) is 4.65. The van der Waals surface area contributed by atoms with Crippen LogP contribution in [0.1, 0.15) is 5.56 Å². The van der Waals surface area contributed by atoms with Crippen LogP contribution in [0.4, 0.5) is 13.2 Å². The number of halogens is 4.